The van der Waals surface area contributed by atoms with Gasteiger partial charge in [-0.3, -0.25) is 0 Å². The Morgan fingerprint density at radius 3 is 2.43 bits per heavy atom. The lowest BCUT2D eigenvalue weighted by Crippen LogP contribution is -2.51. The zero-order valence-electron chi connectivity index (χ0n) is 10.1. The van der Waals surface area contributed by atoms with E-state index in [0.717, 1.165) is 12.5 Å². The number of hydrogen-bond acceptors (Lipinski definition) is 2. The fraction of sp³-hybridized carbons (Fsp3) is 1.00. The van der Waals surface area contributed by atoms with Crippen LogP contribution in [0.4, 0.5) is 0 Å². The predicted molar refractivity (Wildman–Crippen MR) is 60.5 cm³/mol. The van der Waals surface area contributed by atoms with Crippen LogP contribution in [0.5, 0.6) is 0 Å². The quantitative estimate of drug-likeness (QED) is 0.751. The van der Waals surface area contributed by atoms with Gasteiger partial charge in [0.15, 0.2) is 0 Å². The first-order valence-corrected chi connectivity index (χ1v) is 5.96. The van der Waals surface area contributed by atoms with Gasteiger partial charge in [-0.05, 0) is 52.5 Å². The molecule has 0 bridgehead atoms. The van der Waals surface area contributed by atoms with Gasteiger partial charge in [0.25, 0.3) is 0 Å². The van der Waals surface area contributed by atoms with Crippen molar-refractivity contribution in [3.8, 4) is 0 Å². The SMILES string of the molecule is CCOC1(C(C)NC)CCC(C)CC1. The average molecular weight is 199 g/mol. The van der Waals surface area contributed by atoms with Gasteiger partial charge < -0.3 is 10.1 Å². The molecule has 0 amide bonds. The first-order valence-electron chi connectivity index (χ1n) is 5.96. The molecule has 14 heavy (non-hydrogen) atoms. The molecule has 0 aliphatic heterocycles. The molecule has 84 valence electrons. The molecular formula is C12H25NO. The maximum Gasteiger partial charge on any atom is 0.0831 e. The van der Waals surface area contributed by atoms with Crippen molar-refractivity contribution >= 4 is 0 Å². The van der Waals surface area contributed by atoms with Crippen LogP contribution < -0.4 is 5.32 Å². The fourth-order valence-corrected chi connectivity index (χ4v) is 2.50. The minimum atomic E-state index is 0.107. The molecule has 1 rings (SSSR count). The molecule has 1 aliphatic rings. The first kappa shape index (κ1) is 12.0. The number of likely N-dealkylation sites (N-methyl/N-ethyl adjacent to an activating group) is 1. The maximum atomic E-state index is 6.01. The van der Waals surface area contributed by atoms with Crippen LogP contribution in [-0.2, 0) is 4.74 Å². The van der Waals surface area contributed by atoms with Crippen molar-refractivity contribution in [3.63, 3.8) is 0 Å². The molecule has 0 saturated heterocycles. The van der Waals surface area contributed by atoms with Crippen molar-refractivity contribution in [2.45, 2.75) is 58.1 Å². The monoisotopic (exact) mass is 199 g/mol. The van der Waals surface area contributed by atoms with Gasteiger partial charge in [-0.25, -0.2) is 0 Å². The summed E-state index contributed by atoms with van der Waals surface area (Å²) >= 11 is 0. The Kier molecular flexibility index (Phi) is 4.39. The molecule has 0 heterocycles. The third-order valence-corrected chi connectivity index (χ3v) is 3.77. The highest BCUT2D eigenvalue weighted by molar-refractivity contribution is 4.93. The van der Waals surface area contributed by atoms with Gasteiger partial charge in [0, 0.05) is 12.6 Å². The van der Waals surface area contributed by atoms with E-state index >= 15 is 0 Å². The Morgan fingerprint density at radius 1 is 1.43 bits per heavy atom. The van der Waals surface area contributed by atoms with E-state index in [-0.39, 0.29) is 5.60 Å². The van der Waals surface area contributed by atoms with Crippen molar-refractivity contribution in [1.82, 2.24) is 5.32 Å². The standard InChI is InChI=1S/C12H25NO/c1-5-14-12(11(3)13-4)8-6-10(2)7-9-12/h10-11,13H,5-9H2,1-4H3. The fourth-order valence-electron chi connectivity index (χ4n) is 2.50. The van der Waals surface area contributed by atoms with Crippen LogP contribution in [0.2, 0.25) is 0 Å². The van der Waals surface area contributed by atoms with E-state index in [1.165, 1.54) is 25.7 Å². The normalized spacial score (nSPS) is 35.6. The van der Waals surface area contributed by atoms with E-state index in [0.29, 0.717) is 6.04 Å². The number of rotatable bonds is 4. The third kappa shape index (κ3) is 2.48. The molecule has 0 spiro atoms. The summed E-state index contributed by atoms with van der Waals surface area (Å²) in [6.07, 6.45) is 5.05. The zero-order valence-corrected chi connectivity index (χ0v) is 10.1. The molecule has 1 saturated carbocycles. The average Bonchev–Trinajstić information content (AvgIpc) is 2.21. The van der Waals surface area contributed by atoms with Crippen molar-refractivity contribution in [2.24, 2.45) is 5.92 Å². The second kappa shape index (κ2) is 5.13. The molecule has 0 radical (unpaired) electrons. The van der Waals surface area contributed by atoms with E-state index in [9.17, 15) is 0 Å². The molecular weight excluding hydrogens is 174 g/mol. The summed E-state index contributed by atoms with van der Waals surface area (Å²) in [6.45, 7) is 7.52. The van der Waals surface area contributed by atoms with E-state index in [1.807, 2.05) is 7.05 Å². The zero-order chi connectivity index (χ0) is 10.6. The van der Waals surface area contributed by atoms with Gasteiger partial charge in [-0.2, -0.15) is 0 Å². The summed E-state index contributed by atoms with van der Waals surface area (Å²) in [6, 6.07) is 0.468. The van der Waals surface area contributed by atoms with Crippen LogP contribution in [-0.4, -0.2) is 25.3 Å². The Balaban J connectivity index is 2.62. The van der Waals surface area contributed by atoms with Gasteiger partial charge in [-0.1, -0.05) is 6.92 Å². The van der Waals surface area contributed by atoms with Crippen molar-refractivity contribution in [3.05, 3.63) is 0 Å². The number of ether oxygens (including phenoxy) is 1. The maximum absolute atomic E-state index is 6.01. The Morgan fingerprint density at radius 2 is 2.00 bits per heavy atom. The van der Waals surface area contributed by atoms with E-state index in [2.05, 4.69) is 26.1 Å². The van der Waals surface area contributed by atoms with Crippen molar-refractivity contribution in [2.75, 3.05) is 13.7 Å². The third-order valence-electron chi connectivity index (χ3n) is 3.77. The lowest BCUT2D eigenvalue weighted by Gasteiger charge is -2.43. The highest BCUT2D eigenvalue weighted by Crippen LogP contribution is 2.37. The van der Waals surface area contributed by atoms with Crippen LogP contribution in [0, 0.1) is 5.92 Å². The van der Waals surface area contributed by atoms with Gasteiger partial charge in [0.2, 0.25) is 0 Å². The Labute approximate surface area is 88.4 Å². The summed E-state index contributed by atoms with van der Waals surface area (Å²) < 4.78 is 6.01. The summed E-state index contributed by atoms with van der Waals surface area (Å²) in [5.41, 5.74) is 0.107. The van der Waals surface area contributed by atoms with Crippen LogP contribution in [0.3, 0.4) is 0 Å². The predicted octanol–water partition coefficient (Wildman–Crippen LogP) is 2.58. The minimum Gasteiger partial charge on any atom is -0.374 e. The highest BCUT2D eigenvalue weighted by atomic mass is 16.5. The van der Waals surface area contributed by atoms with Gasteiger partial charge in [-0.15, -0.1) is 0 Å². The van der Waals surface area contributed by atoms with Crippen LogP contribution in [0.1, 0.15) is 46.5 Å². The van der Waals surface area contributed by atoms with Gasteiger partial charge >= 0.3 is 0 Å². The second-order valence-electron chi connectivity index (χ2n) is 4.69. The molecule has 0 aromatic rings. The summed E-state index contributed by atoms with van der Waals surface area (Å²) in [5.74, 6) is 0.882. The molecule has 1 fully saturated rings. The van der Waals surface area contributed by atoms with Crippen LogP contribution in [0.15, 0.2) is 0 Å². The van der Waals surface area contributed by atoms with Gasteiger partial charge in [0.1, 0.15) is 0 Å². The largest absolute Gasteiger partial charge is 0.374 e. The first-order chi connectivity index (χ1) is 6.64. The molecule has 1 atom stereocenters. The van der Waals surface area contributed by atoms with E-state index in [1.54, 1.807) is 0 Å². The summed E-state index contributed by atoms with van der Waals surface area (Å²) in [7, 11) is 2.03. The van der Waals surface area contributed by atoms with E-state index in [4.69, 9.17) is 4.74 Å². The molecule has 0 aromatic carbocycles. The van der Waals surface area contributed by atoms with Crippen molar-refractivity contribution in [1.29, 1.82) is 0 Å². The number of hydrogen-bond donors (Lipinski definition) is 1. The molecule has 2 nitrogen and oxygen atoms in total. The van der Waals surface area contributed by atoms with Gasteiger partial charge in [0.05, 0.1) is 5.60 Å². The molecule has 2 heteroatoms. The molecule has 1 N–H and O–H groups in total. The summed E-state index contributed by atoms with van der Waals surface area (Å²) in [4.78, 5) is 0. The smallest absolute Gasteiger partial charge is 0.0831 e. The molecule has 0 aromatic heterocycles. The number of nitrogens with one attached hydrogen (secondary N) is 1. The summed E-state index contributed by atoms with van der Waals surface area (Å²) in [5, 5.41) is 3.35. The lowest BCUT2D eigenvalue weighted by molar-refractivity contribution is -0.0910. The lowest BCUT2D eigenvalue weighted by atomic mass is 9.75. The second-order valence-corrected chi connectivity index (χ2v) is 4.69. The minimum absolute atomic E-state index is 0.107. The Bertz CT molecular complexity index is 162. The Hall–Kier alpha value is -0.0800. The van der Waals surface area contributed by atoms with Crippen molar-refractivity contribution < 1.29 is 4.74 Å². The van der Waals surface area contributed by atoms with E-state index < -0.39 is 0 Å². The molecule has 1 unspecified atom stereocenters. The molecule has 1 aliphatic carbocycles. The topological polar surface area (TPSA) is 21.3 Å². The highest BCUT2D eigenvalue weighted by Gasteiger charge is 2.38. The van der Waals surface area contributed by atoms with Crippen LogP contribution in [0.25, 0.3) is 0 Å². The van der Waals surface area contributed by atoms with Crippen LogP contribution >= 0.6 is 0 Å².